The number of halogens is 1. The van der Waals surface area contributed by atoms with Crippen molar-refractivity contribution < 1.29 is 9.53 Å². The second kappa shape index (κ2) is 8.36. The molecule has 5 nitrogen and oxygen atoms in total. The van der Waals surface area contributed by atoms with Crippen molar-refractivity contribution in [2.45, 2.75) is 13.0 Å². The molecule has 6 heteroatoms. The van der Waals surface area contributed by atoms with Crippen molar-refractivity contribution in [2.75, 3.05) is 51.3 Å². The Morgan fingerprint density at radius 3 is 2.73 bits per heavy atom. The number of nitrogens with zero attached hydrogens (tertiary/aromatic N) is 2. The number of methoxy groups -OCH3 is 1. The van der Waals surface area contributed by atoms with Crippen LogP contribution in [0.5, 0.6) is 0 Å². The molecule has 122 valence electrons. The number of nitrogens with one attached hydrogen (secondary N) is 1. The Morgan fingerprint density at radius 2 is 2.09 bits per heavy atom. The molecule has 0 spiro atoms. The number of hydrogen-bond acceptors (Lipinski definition) is 4. The van der Waals surface area contributed by atoms with E-state index < -0.39 is 0 Å². The minimum Gasteiger partial charge on any atom is -0.383 e. The summed E-state index contributed by atoms with van der Waals surface area (Å²) >= 11 is 6.04. The summed E-state index contributed by atoms with van der Waals surface area (Å²) in [5.41, 5.74) is 1.14. The number of anilines is 1. The zero-order chi connectivity index (χ0) is 15.9. The maximum Gasteiger partial charge on any atom is 0.237 e. The van der Waals surface area contributed by atoms with Crippen LogP contribution in [-0.4, -0.2) is 63.3 Å². The molecule has 0 aliphatic carbocycles. The first kappa shape index (κ1) is 17.1. The number of benzene rings is 1. The number of amides is 1. The van der Waals surface area contributed by atoms with Gasteiger partial charge in [0.05, 0.1) is 12.6 Å². The zero-order valence-electron chi connectivity index (χ0n) is 13.2. The molecule has 0 bridgehead atoms. The van der Waals surface area contributed by atoms with Crippen LogP contribution in [0.2, 0.25) is 5.02 Å². The molecular formula is C16H24ClN3O2. The minimum absolute atomic E-state index is 0.0632. The lowest BCUT2D eigenvalue weighted by molar-refractivity contribution is -0.126. The highest BCUT2D eigenvalue weighted by molar-refractivity contribution is 6.30. The molecule has 1 fully saturated rings. The molecule has 0 unspecified atom stereocenters. The predicted molar refractivity (Wildman–Crippen MR) is 89.6 cm³/mol. The lowest BCUT2D eigenvalue weighted by atomic mass is 10.2. The van der Waals surface area contributed by atoms with Gasteiger partial charge in [-0.1, -0.05) is 17.7 Å². The summed E-state index contributed by atoms with van der Waals surface area (Å²) in [5.74, 6) is 0.0632. The van der Waals surface area contributed by atoms with Gasteiger partial charge in [-0.05, 0) is 25.1 Å². The Kier molecular flexibility index (Phi) is 6.49. The highest BCUT2D eigenvalue weighted by Crippen LogP contribution is 2.21. The highest BCUT2D eigenvalue weighted by Gasteiger charge is 2.25. The van der Waals surface area contributed by atoms with Crippen LogP contribution >= 0.6 is 11.6 Å². The van der Waals surface area contributed by atoms with Gasteiger partial charge < -0.3 is 15.0 Å². The molecule has 1 saturated heterocycles. The molecular weight excluding hydrogens is 302 g/mol. The molecule has 1 N–H and O–H groups in total. The van der Waals surface area contributed by atoms with Crippen LogP contribution in [-0.2, 0) is 9.53 Å². The van der Waals surface area contributed by atoms with E-state index in [1.807, 2.05) is 25.1 Å². The molecule has 1 aliphatic heterocycles. The van der Waals surface area contributed by atoms with Gasteiger partial charge in [0.2, 0.25) is 5.91 Å². The first-order chi connectivity index (χ1) is 10.6. The van der Waals surface area contributed by atoms with Gasteiger partial charge in [-0.2, -0.15) is 0 Å². The van der Waals surface area contributed by atoms with Crippen LogP contribution in [0.4, 0.5) is 5.69 Å². The average Bonchev–Trinajstić information content (AvgIpc) is 2.54. The van der Waals surface area contributed by atoms with Crippen LogP contribution in [0, 0.1) is 0 Å². The third kappa shape index (κ3) is 4.60. The van der Waals surface area contributed by atoms with E-state index in [4.69, 9.17) is 16.3 Å². The first-order valence-electron chi connectivity index (χ1n) is 7.63. The lowest BCUT2D eigenvalue weighted by Gasteiger charge is -2.38. The quantitative estimate of drug-likeness (QED) is 0.807. The van der Waals surface area contributed by atoms with Crippen LogP contribution < -0.4 is 10.2 Å². The smallest absolute Gasteiger partial charge is 0.237 e. The number of carbonyl (C=O) groups is 1. The highest BCUT2D eigenvalue weighted by atomic mass is 35.5. The van der Waals surface area contributed by atoms with E-state index in [2.05, 4.69) is 21.2 Å². The third-order valence-corrected chi connectivity index (χ3v) is 4.26. The van der Waals surface area contributed by atoms with Gasteiger partial charge in [0.25, 0.3) is 0 Å². The number of rotatable bonds is 6. The standard InChI is InChI=1S/C16H24ClN3O2/c1-13(16(21)18-6-11-22-2)19-7-9-20(10-8-19)15-5-3-4-14(17)12-15/h3-5,12-13H,6-11H2,1-2H3,(H,18,21)/t13-/m1/s1. The number of hydrogen-bond donors (Lipinski definition) is 1. The topological polar surface area (TPSA) is 44.8 Å². The van der Waals surface area contributed by atoms with Crippen molar-refractivity contribution in [3.8, 4) is 0 Å². The fraction of sp³-hybridized carbons (Fsp3) is 0.562. The van der Waals surface area contributed by atoms with Gasteiger partial charge in [0.15, 0.2) is 0 Å². The molecule has 0 aromatic heterocycles. The van der Waals surface area contributed by atoms with Gasteiger partial charge in [0, 0.05) is 50.5 Å². The second-order valence-corrected chi connectivity index (χ2v) is 5.90. The summed E-state index contributed by atoms with van der Waals surface area (Å²) < 4.78 is 4.94. The van der Waals surface area contributed by atoms with Gasteiger partial charge in [-0.25, -0.2) is 0 Å². The number of carbonyl (C=O) groups excluding carboxylic acids is 1. The molecule has 1 heterocycles. The molecule has 1 aromatic rings. The Balaban J connectivity index is 1.82. The summed E-state index contributed by atoms with van der Waals surface area (Å²) in [6, 6.07) is 7.79. The fourth-order valence-electron chi connectivity index (χ4n) is 2.63. The number of piperazine rings is 1. The van der Waals surface area contributed by atoms with E-state index in [1.54, 1.807) is 7.11 Å². The third-order valence-electron chi connectivity index (χ3n) is 4.02. The molecule has 0 saturated carbocycles. The largest absolute Gasteiger partial charge is 0.383 e. The van der Waals surface area contributed by atoms with Gasteiger partial charge >= 0.3 is 0 Å². The normalized spacial score (nSPS) is 17.3. The molecule has 0 radical (unpaired) electrons. The maximum absolute atomic E-state index is 12.1. The van der Waals surface area contributed by atoms with Crippen molar-refractivity contribution >= 4 is 23.2 Å². The Bertz CT molecular complexity index is 490. The summed E-state index contributed by atoms with van der Waals surface area (Å²) in [6.45, 7) is 6.59. The van der Waals surface area contributed by atoms with Crippen molar-refractivity contribution in [1.82, 2.24) is 10.2 Å². The first-order valence-corrected chi connectivity index (χ1v) is 8.01. The van der Waals surface area contributed by atoms with Crippen LogP contribution in [0.1, 0.15) is 6.92 Å². The van der Waals surface area contributed by atoms with Crippen molar-refractivity contribution in [3.05, 3.63) is 29.3 Å². The summed E-state index contributed by atoms with van der Waals surface area (Å²) in [4.78, 5) is 16.6. The molecule has 1 atom stereocenters. The molecule has 2 rings (SSSR count). The average molecular weight is 326 g/mol. The SMILES string of the molecule is COCCNC(=O)[C@@H](C)N1CCN(c2cccc(Cl)c2)CC1. The molecule has 22 heavy (non-hydrogen) atoms. The second-order valence-electron chi connectivity index (χ2n) is 5.46. The number of ether oxygens (including phenoxy) is 1. The van der Waals surface area contributed by atoms with E-state index >= 15 is 0 Å². The molecule has 1 aliphatic rings. The summed E-state index contributed by atoms with van der Waals surface area (Å²) in [6.07, 6.45) is 0. The van der Waals surface area contributed by atoms with Gasteiger partial charge in [-0.15, -0.1) is 0 Å². The van der Waals surface area contributed by atoms with E-state index in [9.17, 15) is 4.79 Å². The Hall–Kier alpha value is -1.30. The predicted octanol–water partition coefficient (Wildman–Crippen LogP) is 1.61. The van der Waals surface area contributed by atoms with E-state index in [1.165, 1.54) is 0 Å². The van der Waals surface area contributed by atoms with E-state index in [0.29, 0.717) is 13.2 Å². The monoisotopic (exact) mass is 325 g/mol. The summed E-state index contributed by atoms with van der Waals surface area (Å²) in [5, 5.41) is 3.65. The van der Waals surface area contributed by atoms with Crippen molar-refractivity contribution in [1.29, 1.82) is 0 Å². The van der Waals surface area contributed by atoms with Crippen molar-refractivity contribution in [2.24, 2.45) is 0 Å². The summed E-state index contributed by atoms with van der Waals surface area (Å²) in [7, 11) is 1.63. The van der Waals surface area contributed by atoms with Crippen molar-refractivity contribution in [3.63, 3.8) is 0 Å². The Morgan fingerprint density at radius 1 is 1.36 bits per heavy atom. The van der Waals surface area contributed by atoms with Crippen LogP contribution in [0.3, 0.4) is 0 Å². The van der Waals surface area contributed by atoms with Crippen LogP contribution in [0.25, 0.3) is 0 Å². The van der Waals surface area contributed by atoms with E-state index in [0.717, 1.165) is 36.9 Å². The lowest BCUT2D eigenvalue weighted by Crippen LogP contribution is -2.54. The molecule has 1 aromatic carbocycles. The minimum atomic E-state index is -0.113. The van der Waals surface area contributed by atoms with Gasteiger partial charge in [-0.3, -0.25) is 9.69 Å². The maximum atomic E-state index is 12.1. The Labute approximate surface area is 137 Å². The van der Waals surface area contributed by atoms with Crippen LogP contribution in [0.15, 0.2) is 24.3 Å². The fourth-order valence-corrected chi connectivity index (χ4v) is 2.81. The zero-order valence-corrected chi connectivity index (χ0v) is 14.0. The van der Waals surface area contributed by atoms with E-state index in [-0.39, 0.29) is 11.9 Å². The van der Waals surface area contributed by atoms with Gasteiger partial charge in [0.1, 0.15) is 0 Å². The molecule has 1 amide bonds.